The van der Waals surface area contributed by atoms with Gasteiger partial charge in [0.2, 0.25) is 17.7 Å². The van der Waals surface area contributed by atoms with Crippen molar-refractivity contribution in [1.82, 2.24) is 15.1 Å². The standard InChI is InChI=1S/C16H16F3N3O3/c17-16(18,19)11-3-1-2-10(6-11)7-13(23)21-4-5-22-12(9-21)15(25)20-8-14(22)24/h1-3,6,12H,4-5,7-9H2,(H,20,25). The predicted molar refractivity (Wildman–Crippen MR) is 80.2 cm³/mol. The average molecular weight is 355 g/mol. The van der Waals surface area contributed by atoms with Crippen LogP contribution in [0.1, 0.15) is 11.1 Å². The van der Waals surface area contributed by atoms with Crippen LogP contribution >= 0.6 is 0 Å². The Morgan fingerprint density at radius 1 is 1.24 bits per heavy atom. The number of carbonyl (C=O) groups is 3. The fourth-order valence-electron chi connectivity index (χ4n) is 3.06. The molecular weight excluding hydrogens is 339 g/mol. The molecule has 1 unspecified atom stereocenters. The van der Waals surface area contributed by atoms with Gasteiger partial charge < -0.3 is 15.1 Å². The fraction of sp³-hybridized carbons (Fsp3) is 0.438. The molecule has 3 amide bonds. The smallest absolute Gasteiger partial charge is 0.345 e. The summed E-state index contributed by atoms with van der Waals surface area (Å²) in [5, 5.41) is 2.47. The third kappa shape index (κ3) is 3.59. The van der Waals surface area contributed by atoms with Crippen LogP contribution < -0.4 is 5.32 Å². The SMILES string of the molecule is O=C1NCC(=O)N2CCN(C(=O)Cc3cccc(C(F)(F)F)c3)CC12. The largest absolute Gasteiger partial charge is 0.416 e. The minimum absolute atomic E-state index is 0.0481. The van der Waals surface area contributed by atoms with Crippen molar-refractivity contribution in [2.75, 3.05) is 26.2 Å². The molecule has 0 bridgehead atoms. The van der Waals surface area contributed by atoms with Crippen LogP contribution in [0.4, 0.5) is 13.2 Å². The predicted octanol–water partition coefficient (Wildman–Crippen LogP) is 0.417. The van der Waals surface area contributed by atoms with Gasteiger partial charge in [-0.3, -0.25) is 14.4 Å². The van der Waals surface area contributed by atoms with E-state index in [0.717, 1.165) is 12.1 Å². The molecule has 2 aliphatic heterocycles. The van der Waals surface area contributed by atoms with Gasteiger partial charge in [0.1, 0.15) is 6.04 Å². The molecule has 2 fully saturated rings. The zero-order chi connectivity index (χ0) is 18.2. The first-order valence-electron chi connectivity index (χ1n) is 7.77. The van der Waals surface area contributed by atoms with Crippen LogP contribution in [0.15, 0.2) is 24.3 Å². The number of nitrogens with one attached hydrogen (secondary N) is 1. The van der Waals surface area contributed by atoms with Crippen LogP contribution in [0.2, 0.25) is 0 Å². The van der Waals surface area contributed by atoms with Gasteiger partial charge in [-0.15, -0.1) is 0 Å². The van der Waals surface area contributed by atoms with Crippen molar-refractivity contribution in [1.29, 1.82) is 0 Å². The summed E-state index contributed by atoms with van der Waals surface area (Å²) in [6.45, 7) is 0.501. The molecule has 2 saturated heterocycles. The van der Waals surface area contributed by atoms with Crippen LogP contribution in [-0.4, -0.2) is 59.7 Å². The lowest BCUT2D eigenvalue weighted by molar-refractivity contribution is -0.152. The number of halogens is 3. The zero-order valence-electron chi connectivity index (χ0n) is 13.2. The normalized spacial score (nSPS) is 21.0. The lowest BCUT2D eigenvalue weighted by Gasteiger charge is -2.42. The summed E-state index contributed by atoms with van der Waals surface area (Å²) in [4.78, 5) is 38.9. The van der Waals surface area contributed by atoms with E-state index in [1.807, 2.05) is 0 Å². The second-order valence-electron chi connectivity index (χ2n) is 6.04. The van der Waals surface area contributed by atoms with Crippen molar-refractivity contribution >= 4 is 17.7 Å². The number of fused-ring (bicyclic) bond motifs is 1. The average Bonchev–Trinajstić information content (AvgIpc) is 2.57. The number of hydrogen-bond acceptors (Lipinski definition) is 3. The molecule has 3 rings (SSSR count). The molecule has 2 aliphatic rings. The van der Waals surface area contributed by atoms with Crippen molar-refractivity contribution in [3.63, 3.8) is 0 Å². The molecule has 0 spiro atoms. The maximum Gasteiger partial charge on any atom is 0.416 e. The van der Waals surface area contributed by atoms with Crippen LogP contribution in [0.5, 0.6) is 0 Å². The summed E-state index contributed by atoms with van der Waals surface area (Å²) in [6.07, 6.45) is -4.66. The Balaban J connectivity index is 1.68. The summed E-state index contributed by atoms with van der Waals surface area (Å²) in [5.74, 6) is -0.893. The second-order valence-corrected chi connectivity index (χ2v) is 6.04. The maximum atomic E-state index is 12.7. The van der Waals surface area contributed by atoms with Gasteiger partial charge >= 0.3 is 6.18 Å². The van der Waals surface area contributed by atoms with Crippen molar-refractivity contribution < 1.29 is 27.6 Å². The molecule has 1 aromatic rings. The van der Waals surface area contributed by atoms with Crippen LogP contribution in [0.25, 0.3) is 0 Å². The highest BCUT2D eigenvalue weighted by molar-refractivity contribution is 5.95. The van der Waals surface area contributed by atoms with E-state index in [0.29, 0.717) is 0 Å². The van der Waals surface area contributed by atoms with Gasteiger partial charge in [0, 0.05) is 13.1 Å². The lowest BCUT2D eigenvalue weighted by atomic mass is 10.0. The molecule has 1 N–H and O–H groups in total. The summed E-state index contributed by atoms with van der Waals surface area (Å²) >= 11 is 0. The van der Waals surface area contributed by atoms with E-state index in [1.54, 1.807) is 0 Å². The van der Waals surface area contributed by atoms with E-state index in [2.05, 4.69) is 5.32 Å². The highest BCUT2D eigenvalue weighted by atomic mass is 19.4. The quantitative estimate of drug-likeness (QED) is 0.836. The first-order valence-corrected chi connectivity index (χ1v) is 7.77. The number of rotatable bonds is 2. The molecule has 0 radical (unpaired) electrons. The molecule has 0 aromatic heterocycles. The summed E-state index contributed by atoms with van der Waals surface area (Å²) in [5.41, 5.74) is -0.550. The van der Waals surface area contributed by atoms with Crippen molar-refractivity contribution in [3.8, 4) is 0 Å². The molecule has 6 nitrogen and oxygen atoms in total. The second kappa shape index (κ2) is 6.38. The first-order chi connectivity index (χ1) is 11.8. The Hall–Kier alpha value is -2.58. The molecule has 2 heterocycles. The number of amides is 3. The molecule has 1 aromatic carbocycles. The van der Waals surface area contributed by atoms with E-state index >= 15 is 0 Å². The van der Waals surface area contributed by atoms with E-state index < -0.39 is 17.8 Å². The molecular formula is C16H16F3N3O3. The van der Waals surface area contributed by atoms with Crippen LogP contribution in [-0.2, 0) is 27.0 Å². The number of benzene rings is 1. The first kappa shape index (κ1) is 17.2. The number of piperazine rings is 2. The molecule has 134 valence electrons. The summed E-state index contributed by atoms with van der Waals surface area (Å²) in [7, 11) is 0. The van der Waals surface area contributed by atoms with E-state index in [1.165, 1.54) is 21.9 Å². The minimum Gasteiger partial charge on any atom is -0.345 e. The Kier molecular flexibility index (Phi) is 4.40. The zero-order valence-corrected chi connectivity index (χ0v) is 13.2. The monoisotopic (exact) mass is 355 g/mol. The molecule has 1 atom stereocenters. The van der Waals surface area contributed by atoms with Crippen LogP contribution in [0.3, 0.4) is 0 Å². The van der Waals surface area contributed by atoms with E-state index in [-0.39, 0.29) is 55.9 Å². The highest BCUT2D eigenvalue weighted by Crippen LogP contribution is 2.29. The van der Waals surface area contributed by atoms with Gasteiger partial charge in [0.05, 0.1) is 25.1 Å². The topological polar surface area (TPSA) is 69.7 Å². The van der Waals surface area contributed by atoms with E-state index in [9.17, 15) is 27.6 Å². The number of nitrogens with zero attached hydrogens (tertiary/aromatic N) is 2. The van der Waals surface area contributed by atoms with Crippen molar-refractivity contribution in [2.45, 2.75) is 18.6 Å². The number of carbonyl (C=O) groups excluding carboxylic acids is 3. The Morgan fingerprint density at radius 3 is 2.72 bits per heavy atom. The lowest BCUT2D eigenvalue weighted by Crippen LogP contribution is -2.66. The summed E-state index contributed by atoms with van der Waals surface area (Å²) in [6, 6.07) is 3.88. The number of hydrogen-bond donors (Lipinski definition) is 1. The Bertz CT molecular complexity index is 720. The van der Waals surface area contributed by atoms with Crippen molar-refractivity contribution in [2.24, 2.45) is 0 Å². The maximum absolute atomic E-state index is 12.7. The Labute approximate surface area is 141 Å². The summed E-state index contributed by atoms with van der Waals surface area (Å²) < 4.78 is 38.2. The molecule has 9 heteroatoms. The van der Waals surface area contributed by atoms with Gasteiger partial charge in [-0.25, -0.2) is 0 Å². The molecule has 0 aliphatic carbocycles. The van der Waals surface area contributed by atoms with Gasteiger partial charge in [0.15, 0.2) is 0 Å². The Morgan fingerprint density at radius 2 is 2.00 bits per heavy atom. The van der Waals surface area contributed by atoms with Gasteiger partial charge in [-0.1, -0.05) is 18.2 Å². The van der Waals surface area contributed by atoms with Crippen molar-refractivity contribution in [3.05, 3.63) is 35.4 Å². The third-order valence-electron chi connectivity index (χ3n) is 4.38. The van der Waals surface area contributed by atoms with Gasteiger partial charge in [-0.2, -0.15) is 13.2 Å². The highest BCUT2D eigenvalue weighted by Gasteiger charge is 2.39. The van der Waals surface area contributed by atoms with Crippen LogP contribution in [0, 0.1) is 0 Å². The van der Waals surface area contributed by atoms with Gasteiger partial charge in [-0.05, 0) is 11.6 Å². The van der Waals surface area contributed by atoms with E-state index in [4.69, 9.17) is 0 Å². The minimum atomic E-state index is -4.47. The fourth-order valence-corrected chi connectivity index (χ4v) is 3.06. The number of alkyl halides is 3. The third-order valence-corrected chi connectivity index (χ3v) is 4.38. The van der Waals surface area contributed by atoms with Gasteiger partial charge in [0.25, 0.3) is 0 Å². The molecule has 25 heavy (non-hydrogen) atoms. The molecule has 0 saturated carbocycles.